The Kier molecular flexibility index (Phi) is 4.11. The molecule has 2 rings (SSSR count). The summed E-state index contributed by atoms with van der Waals surface area (Å²) in [6, 6.07) is 4.43. The van der Waals surface area contributed by atoms with Gasteiger partial charge in [-0.1, -0.05) is 12.1 Å². The molecule has 1 aromatic carbocycles. The van der Waals surface area contributed by atoms with Gasteiger partial charge in [0.25, 0.3) is 0 Å². The number of carbonyl (C=O) groups excluding carboxylic acids is 1. The van der Waals surface area contributed by atoms with Gasteiger partial charge in [0.15, 0.2) is 5.13 Å². The summed E-state index contributed by atoms with van der Waals surface area (Å²) < 4.78 is 13.1. The van der Waals surface area contributed by atoms with E-state index in [-0.39, 0.29) is 11.8 Å². The van der Waals surface area contributed by atoms with Crippen LogP contribution < -0.4 is 10.6 Å². The van der Waals surface area contributed by atoms with Crippen LogP contribution in [0.25, 0.3) is 0 Å². The van der Waals surface area contributed by atoms with Crippen molar-refractivity contribution >= 4 is 22.5 Å². The van der Waals surface area contributed by atoms with Gasteiger partial charge in [0.05, 0.1) is 5.69 Å². The maximum atomic E-state index is 13.1. The van der Waals surface area contributed by atoms with E-state index in [0.29, 0.717) is 17.2 Å². The SMILES string of the molecule is Cc1csc(NC(=O)NCc2ccc(F)c(C)c2)n1. The van der Waals surface area contributed by atoms with Crippen molar-refractivity contribution < 1.29 is 9.18 Å². The van der Waals surface area contributed by atoms with Crippen molar-refractivity contribution in [2.24, 2.45) is 0 Å². The number of amides is 2. The fourth-order valence-electron chi connectivity index (χ4n) is 1.55. The third-order valence-electron chi connectivity index (χ3n) is 2.51. The fraction of sp³-hybridized carbons (Fsp3) is 0.231. The minimum atomic E-state index is -0.323. The Morgan fingerprint density at radius 3 is 2.84 bits per heavy atom. The van der Waals surface area contributed by atoms with Crippen molar-refractivity contribution in [2.75, 3.05) is 5.32 Å². The molecule has 1 heterocycles. The normalized spacial score (nSPS) is 10.3. The van der Waals surface area contributed by atoms with Crippen molar-refractivity contribution in [3.05, 3.63) is 46.2 Å². The standard InChI is InChI=1S/C13H14FN3OS/c1-8-5-10(3-4-11(8)14)6-15-12(18)17-13-16-9(2)7-19-13/h3-5,7H,6H2,1-2H3,(H2,15,16,17,18). The number of thiazole rings is 1. The zero-order valence-electron chi connectivity index (χ0n) is 10.7. The van der Waals surface area contributed by atoms with Crippen LogP contribution in [0.3, 0.4) is 0 Å². The van der Waals surface area contributed by atoms with Crippen LogP contribution in [0, 0.1) is 19.7 Å². The van der Waals surface area contributed by atoms with E-state index in [1.807, 2.05) is 12.3 Å². The Balaban J connectivity index is 1.88. The summed E-state index contributed by atoms with van der Waals surface area (Å²) in [5, 5.41) is 7.76. The second-order valence-corrected chi connectivity index (χ2v) is 5.04. The minimum Gasteiger partial charge on any atom is -0.334 e. The van der Waals surface area contributed by atoms with Crippen molar-refractivity contribution in [2.45, 2.75) is 20.4 Å². The minimum absolute atomic E-state index is 0.244. The van der Waals surface area contributed by atoms with Gasteiger partial charge in [-0.25, -0.2) is 14.2 Å². The van der Waals surface area contributed by atoms with Crippen LogP contribution in [0.5, 0.6) is 0 Å². The maximum Gasteiger partial charge on any atom is 0.321 e. The molecule has 0 bridgehead atoms. The number of carbonyl (C=O) groups is 1. The van der Waals surface area contributed by atoms with Gasteiger partial charge in [0.2, 0.25) is 0 Å². The number of hydrogen-bond acceptors (Lipinski definition) is 3. The Morgan fingerprint density at radius 2 is 2.21 bits per heavy atom. The number of urea groups is 1. The van der Waals surface area contributed by atoms with Gasteiger partial charge in [-0.05, 0) is 31.0 Å². The molecule has 4 nitrogen and oxygen atoms in total. The maximum absolute atomic E-state index is 13.1. The lowest BCUT2D eigenvalue weighted by Crippen LogP contribution is -2.28. The Labute approximate surface area is 114 Å². The zero-order chi connectivity index (χ0) is 13.8. The van der Waals surface area contributed by atoms with E-state index in [9.17, 15) is 9.18 Å². The van der Waals surface area contributed by atoms with Crippen LogP contribution in [-0.2, 0) is 6.54 Å². The molecule has 6 heteroatoms. The number of hydrogen-bond donors (Lipinski definition) is 2. The van der Waals surface area contributed by atoms with Gasteiger partial charge in [-0.2, -0.15) is 0 Å². The van der Waals surface area contributed by atoms with Gasteiger partial charge in [0.1, 0.15) is 5.82 Å². The number of nitrogens with one attached hydrogen (secondary N) is 2. The highest BCUT2D eigenvalue weighted by molar-refractivity contribution is 7.13. The summed E-state index contributed by atoms with van der Waals surface area (Å²) in [6.07, 6.45) is 0. The van der Waals surface area contributed by atoms with Crippen LogP contribution in [0.4, 0.5) is 14.3 Å². The molecule has 0 atom stereocenters. The number of aromatic nitrogens is 1. The summed E-state index contributed by atoms with van der Waals surface area (Å²) in [5.74, 6) is -0.244. The largest absolute Gasteiger partial charge is 0.334 e. The molecule has 0 aliphatic carbocycles. The van der Waals surface area contributed by atoms with E-state index >= 15 is 0 Å². The number of anilines is 1. The summed E-state index contributed by atoms with van der Waals surface area (Å²) in [7, 11) is 0. The molecule has 2 N–H and O–H groups in total. The summed E-state index contributed by atoms with van der Waals surface area (Å²) in [6.45, 7) is 3.90. The van der Waals surface area contributed by atoms with E-state index in [2.05, 4.69) is 15.6 Å². The highest BCUT2D eigenvalue weighted by Crippen LogP contribution is 2.14. The van der Waals surface area contributed by atoms with Crippen molar-refractivity contribution in [3.63, 3.8) is 0 Å². The van der Waals surface area contributed by atoms with Crippen molar-refractivity contribution in [3.8, 4) is 0 Å². The number of aryl methyl sites for hydroxylation is 2. The lowest BCUT2D eigenvalue weighted by Gasteiger charge is -2.06. The molecule has 2 amide bonds. The lowest BCUT2D eigenvalue weighted by atomic mass is 10.1. The first kappa shape index (κ1) is 13.5. The van der Waals surface area contributed by atoms with Crippen molar-refractivity contribution in [1.29, 1.82) is 0 Å². The number of rotatable bonds is 3. The van der Waals surface area contributed by atoms with E-state index in [1.54, 1.807) is 19.1 Å². The summed E-state index contributed by atoms with van der Waals surface area (Å²) in [4.78, 5) is 15.7. The van der Waals surface area contributed by atoms with Crippen LogP contribution in [0.2, 0.25) is 0 Å². The summed E-state index contributed by atoms with van der Waals surface area (Å²) >= 11 is 1.37. The zero-order valence-corrected chi connectivity index (χ0v) is 11.5. The Bertz CT molecular complexity index is 597. The molecule has 0 saturated heterocycles. The van der Waals surface area contributed by atoms with Crippen LogP contribution >= 0.6 is 11.3 Å². The highest BCUT2D eigenvalue weighted by Gasteiger charge is 2.05. The van der Waals surface area contributed by atoms with E-state index in [1.165, 1.54) is 17.4 Å². The van der Waals surface area contributed by atoms with Crippen molar-refractivity contribution in [1.82, 2.24) is 10.3 Å². The molecule has 0 radical (unpaired) electrons. The molecule has 0 unspecified atom stereocenters. The average molecular weight is 279 g/mol. The molecule has 100 valence electrons. The third kappa shape index (κ3) is 3.75. The molecule has 0 aliphatic rings. The van der Waals surface area contributed by atoms with Gasteiger partial charge in [-0.3, -0.25) is 5.32 Å². The first-order chi connectivity index (χ1) is 9.04. The van der Waals surface area contributed by atoms with E-state index in [4.69, 9.17) is 0 Å². The smallest absolute Gasteiger partial charge is 0.321 e. The number of nitrogens with zero attached hydrogens (tertiary/aromatic N) is 1. The predicted octanol–water partition coefficient (Wildman–Crippen LogP) is 3.22. The second kappa shape index (κ2) is 5.79. The number of halogens is 1. The highest BCUT2D eigenvalue weighted by atomic mass is 32.1. The molecular weight excluding hydrogens is 265 g/mol. The average Bonchev–Trinajstić information content (AvgIpc) is 2.76. The van der Waals surface area contributed by atoms with Crippen LogP contribution in [0.15, 0.2) is 23.6 Å². The molecule has 1 aromatic heterocycles. The van der Waals surface area contributed by atoms with Crippen LogP contribution in [0.1, 0.15) is 16.8 Å². The third-order valence-corrected chi connectivity index (χ3v) is 3.39. The molecular formula is C13H14FN3OS. The molecule has 0 aliphatic heterocycles. The first-order valence-electron chi connectivity index (χ1n) is 5.76. The Morgan fingerprint density at radius 1 is 1.42 bits per heavy atom. The van der Waals surface area contributed by atoms with Gasteiger partial charge in [-0.15, -0.1) is 11.3 Å². The molecule has 0 spiro atoms. The topological polar surface area (TPSA) is 54.0 Å². The van der Waals surface area contributed by atoms with E-state index in [0.717, 1.165) is 11.3 Å². The lowest BCUT2D eigenvalue weighted by molar-refractivity contribution is 0.251. The number of benzene rings is 1. The Hall–Kier alpha value is -1.95. The van der Waals surface area contributed by atoms with E-state index < -0.39 is 0 Å². The van der Waals surface area contributed by atoms with Gasteiger partial charge in [0, 0.05) is 11.9 Å². The second-order valence-electron chi connectivity index (χ2n) is 4.19. The quantitative estimate of drug-likeness (QED) is 0.906. The molecule has 2 aromatic rings. The molecule has 0 fully saturated rings. The molecule has 19 heavy (non-hydrogen) atoms. The van der Waals surface area contributed by atoms with Gasteiger partial charge >= 0.3 is 6.03 Å². The van der Waals surface area contributed by atoms with Gasteiger partial charge < -0.3 is 5.32 Å². The summed E-state index contributed by atoms with van der Waals surface area (Å²) in [5.41, 5.74) is 2.29. The monoisotopic (exact) mass is 279 g/mol. The molecule has 0 saturated carbocycles. The van der Waals surface area contributed by atoms with Crippen LogP contribution in [-0.4, -0.2) is 11.0 Å². The fourth-order valence-corrected chi connectivity index (χ4v) is 2.24. The predicted molar refractivity (Wildman–Crippen MR) is 73.8 cm³/mol. The first-order valence-corrected chi connectivity index (χ1v) is 6.64.